The molecule has 0 saturated carbocycles. The zero-order chi connectivity index (χ0) is 17.3. The van der Waals surface area contributed by atoms with Crippen LogP contribution < -0.4 is 5.43 Å². The van der Waals surface area contributed by atoms with Crippen molar-refractivity contribution in [1.29, 1.82) is 0 Å². The molecule has 0 spiro atoms. The molecule has 1 aliphatic rings. The first-order valence-corrected chi connectivity index (χ1v) is 7.21. The van der Waals surface area contributed by atoms with Gasteiger partial charge in [0.2, 0.25) is 0 Å². The normalized spacial score (nSPS) is 20.1. The molecule has 124 valence electrons. The van der Waals surface area contributed by atoms with E-state index in [-0.39, 0.29) is 11.6 Å². The maximum Gasteiger partial charge on any atom is 0.315 e. The van der Waals surface area contributed by atoms with Gasteiger partial charge < -0.3 is 4.74 Å². The molecule has 24 heavy (non-hydrogen) atoms. The van der Waals surface area contributed by atoms with Gasteiger partial charge in [-0.05, 0) is 31.2 Å². The van der Waals surface area contributed by atoms with E-state index in [2.05, 4.69) is 10.4 Å². The number of hydrazine groups is 1. The Morgan fingerprint density at radius 2 is 1.92 bits per heavy atom. The summed E-state index contributed by atoms with van der Waals surface area (Å²) in [7, 11) is 1.35. The third-order valence-corrected chi connectivity index (χ3v) is 3.78. The van der Waals surface area contributed by atoms with Gasteiger partial charge >= 0.3 is 6.02 Å². The number of rotatable bonds is 3. The van der Waals surface area contributed by atoms with Crippen LogP contribution in [0.1, 0.15) is 12.5 Å². The van der Waals surface area contributed by atoms with Crippen LogP contribution in [-0.4, -0.2) is 24.0 Å². The van der Waals surface area contributed by atoms with Crippen molar-refractivity contribution >= 4 is 17.6 Å². The lowest BCUT2D eigenvalue weighted by Crippen LogP contribution is -2.43. The van der Waals surface area contributed by atoms with E-state index < -0.39 is 23.1 Å². The van der Waals surface area contributed by atoms with Gasteiger partial charge in [0.1, 0.15) is 11.6 Å². The van der Waals surface area contributed by atoms with Gasteiger partial charge in [0.15, 0.2) is 5.54 Å². The third-order valence-electron chi connectivity index (χ3n) is 3.78. The number of amides is 1. The number of carbonyl (C=O) groups is 1. The Hall–Kier alpha value is -2.96. The number of methoxy groups -OCH3 is 1. The van der Waals surface area contributed by atoms with Gasteiger partial charge in [-0.3, -0.25) is 10.2 Å². The SMILES string of the molecule is COC1=NC(C)(c2ccccc2F)C(=O)N1Nc1cccc(F)c1. The fourth-order valence-corrected chi connectivity index (χ4v) is 2.55. The standard InChI is InChI=1S/C17H15F2N3O2/c1-17(13-8-3-4-9-14(13)19)15(23)22(16(20-17)24-2)21-12-7-5-6-11(18)10-12/h3-10,21H,1-2H3. The fourth-order valence-electron chi connectivity index (χ4n) is 2.55. The smallest absolute Gasteiger partial charge is 0.315 e. The van der Waals surface area contributed by atoms with Crippen LogP contribution in [0.5, 0.6) is 0 Å². The van der Waals surface area contributed by atoms with Crippen molar-refractivity contribution in [3.63, 3.8) is 0 Å². The number of ether oxygens (including phenoxy) is 1. The monoisotopic (exact) mass is 331 g/mol. The molecule has 2 aromatic rings. The molecule has 0 bridgehead atoms. The Morgan fingerprint density at radius 1 is 1.17 bits per heavy atom. The highest BCUT2D eigenvalue weighted by Gasteiger charge is 2.48. The Labute approximate surface area is 137 Å². The summed E-state index contributed by atoms with van der Waals surface area (Å²) in [5.41, 5.74) is 1.74. The molecule has 7 heteroatoms. The maximum absolute atomic E-state index is 14.1. The van der Waals surface area contributed by atoms with Gasteiger partial charge in [-0.15, -0.1) is 0 Å². The number of hydrogen-bond donors (Lipinski definition) is 1. The lowest BCUT2D eigenvalue weighted by Gasteiger charge is -2.23. The first kappa shape index (κ1) is 15.9. The number of hydrogen-bond acceptors (Lipinski definition) is 4. The highest BCUT2D eigenvalue weighted by molar-refractivity contribution is 6.06. The molecule has 5 nitrogen and oxygen atoms in total. The van der Waals surface area contributed by atoms with Gasteiger partial charge in [-0.1, -0.05) is 24.3 Å². The van der Waals surface area contributed by atoms with Crippen molar-refractivity contribution in [3.8, 4) is 0 Å². The lowest BCUT2D eigenvalue weighted by molar-refractivity contribution is -0.130. The van der Waals surface area contributed by atoms with Crippen LogP contribution >= 0.6 is 0 Å². The summed E-state index contributed by atoms with van der Waals surface area (Å²) >= 11 is 0. The van der Waals surface area contributed by atoms with Crippen LogP contribution in [0.2, 0.25) is 0 Å². The second-order valence-electron chi connectivity index (χ2n) is 5.41. The molecule has 1 atom stereocenters. The quantitative estimate of drug-likeness (QED) is 0.940. The number of anilines is 1. The van der Waals surface area contributed by atoms with Crippen molar-refractivity contribution in [2.45, 2.75) is 12.5 Å². The summed E-state index contributed by atoms with van der Waals surface area (Å²) in [4.78, 5) is 17.1. The number of carbonyl (C=O) groups excluding carboxylic acids is 1. The topological polar surface area (TPSA) is 53.9 Å². The summed E-state index contributed by atoms with van der Waals surface area (Å²) < 4.78 is 32.6. The Kier molecular flexibility index (Phi) is 3.92. The molecule has 0 fully saturated rings. The molecule has 0 aliphatic carbocycles. The second kappa shape index (κ2) is 5.92. The molecule has 3 rings (SSSR count). The van der Waals surface area contributed by atoms with Crippen molar-refractivity contribution in [1.82, 2.24) is 5.01 Å². The van der Waals surface area contributed by atoms with Crippen LogP contribution in [0.4, 0.5) is 14.5 Å². The van der Waals surface area contributed by atoms with Gasteiger partial charge in [0.25, 0.3) is 5.91 Å². The number of benzene rings is 2. The molecule has 1 unspecified atom stereocenters. The fraction of sp³-hybridized carbons (Fsp3) is 0.176. The zero-order valence-corrected chi connectivity index (χ0v) is 13.1. The molecule has 0 saturated heterocycles. The first-order chi connectivity index (χ1) is 11.5. The molecule has 1 N–H and O–H groups in total. The van der Waals surface area contributed by atoms with Crippen LogP contribution in [0.3, 0.4) is 0 Å². The summed E-state index contributed by atoms with van der Waals surface area (Å²) in [5, 5.41) is 1.04. The third kappa shape index (κ3) is 2.58. The summed E-state index contributed by atoms with van der Waals surface area (Å²) in [6, 6.07) is 11.5. The second-order valence-corrected chi connectivity index (χ2v) is 5.41. The number of halogens is 2. The highest BCUT2D eigenvalue weighted by atomic mass is 19.1. The van der Waals surface area contributed by atoms with E-state index in [1.165, 1.54) is 50.4 Å². The van der Waals surface area contributed by atoms with E-state index in [1.807, 2.05) is 0 Å². The number of nitrogens with one attached hydrogen (secondary N) is 1. The molecule has 2 aromatic carbocycles. The first-order valence-electron chi connectivity index (χ1n) is 7.21. The largest absolute Gasteiger partial charge is 0.467 e. The zero-order valence-electron chi connectivity index (χ0n) is 13.1. The molecular formula is C17H15F2N3O2. The van der Waals surface area contributed by atoms with Crippen LogP contribution in [0, 0.1) is 11.6 Å². The Morgan fingerprint density at radius 3 is 2.58 bits per heavy atom. The highest BCUT2D eigenvalue weighted by Crippen LogP contribution is 2.35. The van der Waals surface area contributed by atoms with Crippen molar-refractivity contribution in [3.05, 3.63) is 65.7 Å². The maximum atomic E-state index is 14.1. The van der Waals surface area contributed by atoms with E-state index >= 15 is 0 Å². The predicted octanol–water partition coefficient (Wildman–Crippen LogP) is 3.05. The summed E-state index contributed by atoms with van der Waals surface area (Å²) in [6.07, 6.45) is 0. The van der Waals surface area contributed by atoms with Crippen LogP contribution in [-0.2, 0) is 15.1 Å². The van der Waals surface area contributed by atoms with Crippen molar-refractivity contribution < 1.29 is 18.3 Å². The predicted molar refractivity (Wildman–Crippen MR) is 85.1 cm³/mol. The minimum atomic E-state index is -1.48. The summed E-state index contributed by atoms with van der Waals surface area (Å²) in [6.45, 7) is 1.50. The van der Waals surface area contributed by atoms with E-state index in [1.54, 1.807) is 12.1 Å². The molecule has 1 aliphatic heterocycles. The van der Waals surface area contributed by atoms with E-state index in [9.17, 15) is 13.6 Å². The number of aliphatic imine (C=N–C) groups is 1. The minimum Gasteiger partial charge on any atom is -0.467 e. The van der Waals surface area contributed by atoms with Gasteiger partial charge in [-0.2, -0.15) is 5.01 Å². The lowest BCUT2D eigenvalue weighted by atomic mass is 9.92. The van der Waals surface area contributed by atoms with Crippen LogP contribution in [0.15, 0.2) is 53.5 Å². The average Bonchev–Trinajstić information content (AvgIpc) is 2.81. The summed E-state index contributed by atoms with van der Waals surface area (Å²) in [5.74, 6) is -1.53. The minimum absolute atomic E-state index is 0.0324. The van der Waals surface area contributed by atoms with Gasteiger partial charge in [-0.25, -0.2) is 13.8 Å². The van der Waals surface area contributed by atoms with E-state index in [4.69, 9.17) is 4.74 Å². The van der Waals surface area contributed by atoms with E-state index in [0.29, 0.717) is 5.69 Å². The molecular weight excluding hydrogens is 316 g/mol. The number of amidine groups is 1. The van der Waals surface area contributed by atoms with Crippen molar-refractivity contribution in [2.24, 2.45) is 4.99 Å². The average molecular weight is 331 g/mol. The number of nitrogens with zero attached hydrogens (tertiary/aromatic N) is 2. The Bertz CT molecular complexity index is 825. The molecule has 0 aromatic heterocycles. The van der Waals surface area contributed by atoms with Gasteiger partial charge in [0.05, 0.1) is 12.8 Å². The van der Waals surface area contributed by atoms with Gasteiger partial charge in [0, 0.05) is 5.56 Å². The Balaban J connectivity index is 1.98. The molecule has 1 heterocycles. The molecule has 1 amide bonds. The van der Waals surface area contributed by atoms with E-state index in [0.717, 1.165) is 5.01 Å². The molecule has 0 radical (unpaired) electrons. The van der Waals surface area contributed by atoms with Crippen LogP contribution in [0.25, 0.3) is 0 Å². The van der Waals surface area contributed by atoms with Crippen molar-refractivity contribution in [2.75, 3.05) is 12.5 Å².